The molecule has 2 aromatic rings. The first kappa shape index (κ1) is 38.9. The molecule has 258 valence electrons. The van der Waals surface area contributed by atoms with Crippen molar-refractivity contribution in [2.24, 2.45) is 23.1 Å². The number of hydrogen-bond donors (Lipinski definition) is 8. The van der Waals surface area contributed by atoms with Gasteiger partial charge in [0, 0.05) is 25.4 Å². The lowest BCUT2D eigenvalue weighted by Crippen LogP contribution is -2.59. The van der Waals surface area contributed by atoms with E-state index in [1.54, 1.807) is 0 Å². The number of nitrogens with one attached hydrogen (secondary N) is 4. The van der Waals surface area contributed by atoms with Crippen molar-refractivity contribution in [3.63, 3.8) is 0 Å². The van der Waals surface area contributed by atoms with E-state index in [4.69, 9.17) is 22.3 Å². The van der Waals surface area contributed by atoms with E-state index in [0.29, 0.717) is 6.42 Å². The van der Waals surface area contributed by atoms with Crippen molar-refractivity contribution in [1.82, 2.24) is 21.3 Å². The minimum atomic E-state index is -1.04. The van der Waals surface area contributed by atoms with E-state index in [1.807, 2.05) is 74.5 Å². The van der Waals surface area contributed by atoms with Crippen LogP contribution in [0.25, 0.3) is 0 Å². The largest absolute Gasteiger partial charge is 0.481 e. The predicted octanol–water partition coefficient (Wildman–Crippen LogP) is 0.347. The van der Waals surface area contributed by atoms with Crippen LogP contribution in [0.5, 0.6) is 0 Å². The topological polar surface area (TPSA) is 232 Å². The molecular weight excluding hydrogens is 602 g/mol. The SMILES string of the molecule is CC(C)C[C@@H](NC(=O)[C@@H](Cc1ccccc1)NC(=O)[C@H](N)Cc1ccccc1)C(=O)N[C@H](CCCN)C(=O)N[C@@H](CN)CCC(=O)O. The molecule has 47 heavy (non-hydrogen) atoms. The van der Waals surface area contributed by atoms with Crippen molar-refractivity contribution < 1.29 is 29.1 Å². The molecule has 13 nitrogen and oxygen atoms in total. The molecule has 0 fully saturated rings. The van der Waals surface area contributed by atoms with Gasteiger partial charge >= 0.3 is 5.97 Å². The molecule has 0 radical (unpaired) electrons. The average Bonchev–Trinajstić information content (AvgIpc) is 3.04. The molecule has 13 heteroatoms. The Bertz CT molecular complexity index is 1280. The van der Waals surface area contributed by atoms with Gasteiger partial charge in [0.1, 0.15) is 18.1 Å². The van der Waals surface area contributed by atoms with E-state index < -0.39 is 59.8 Å². The first-order valence-electron chi connectivity index (χ1n) is 16.1. The van der Waals surface area contributed by atoms with Crippen LogP contribution in [-0.4, -0.2) is 78.0 Å². The summed E-state index contributed by atoms with van der Waals surface area (Å²) in [6, 6.07) is 13.9. The molecule has 0 saturated heterocycles. The molecule has 0 aliphatic carbocycles. The van der Waals surface area contributed by atoms with Gasteiger partial charge in [-0.05, 0) is 55.7 Å². The van der Waals surface area contributed by atoms with Crippen molar-refractivity contribution in [1.29, 1.82) is 0 Å². The zero-order valence-corrected chi connectivity index (χ0v) is 27.3. The number of hydrogen-bond acceptors (Lipinski definition) is 8. The van der Waals surface area contributed by atoms with Crippen LogP contribution in [0.4, 0.5) is 0 Å². The van der Waals surface area contributed by atoms with Gasteiger partial charge in [-0.2, -0.15) is 0 Å². The van der Waals surface area contributed by atoms with Gasteiger partial charge in [0.2, 0.25) is 23.6 Å². The van der Waals surface area contributed by atoms with E-state index in [1.165, 1.54) is 0 Å². The van der Waals surface area contributed by atoms with Crippen LogP contribution < -0.4 is 38.5 Å². The number of aliphatic carboxylic acids is 1. The van der Waals surface area contributed by atoms with E-state index in [0.717, 1.165) is 11.1 Å². The zero-order valence-electron chi connectivity index (χ0n) is 27.3. The molecule has 0 aromatic heterocycles. The second-order valence-corrected chi connectivity index (χ2v) is 12.1. The Hall–Kier alpha value is -4.33. The Morgan fingerprint density at radius 2 is 1.19 bits per heavy atom. The summed E-state index contributed by atoms with van der Waals surface area (Å²) in [4.78, 5) is 64.7. The van der Waals surface area contributed by atoms with Crippen LogP contribution >= 0.6 is 0 Å². The van der Waals surface area contributed by atoms with E-state index in [-0.39, 0.29) is 57.5 Å². The molecule has 0 heterocycles. The summed E-state index contributed by atoms with van der Waals surface area (Å²) in [5.74, 6) is -3.21. The average molecular weight is 654 g/mol. The minimum Gasteiger partial charge on any atom is -0.481 e. The normalized spacial score (nSPS) is 14.3. The van der Waals surface area contributed by atoms with Gasteiger partial charge < -0.3 is 43.6 Å². The zero-order chi connectivity index (χ0) is 34.8. The van der Waals surface area contributed by atoms with Crippen molar-refractivity contribution in [2.45, 2.75) is 89.0 Å². The van der Waals surface area contributed by atoms with Gasteiger partial charge in [-0.1, -0.05) is 74.5 Å². The number of carbonyl (C=O) groups is 5. The summed E-state index contributed by atoms with van der Waals surface area (Å²) in [5.41, 5.74) is 19.3. The Labute approximate surface area is 276 Å². The van der Waals surface area contributed by atoms with Gasteiger partial charge in [0.25, 0.3) is 0 Å². The predicted molar refractivity (Wildman–Crippen MR) is 180 cm³/mol. The number of carbonyl (C=O) groups excluding carboxylic acids is 4. The molecule has 11 N–H and O–H groups in total. The van der Waals surface area contributed by atoms with Gasteiger partial charge in [0.05, 0.1) is 6.04 Å². The number of benzene rings is 2. The Morgan fingerprint density at radius 3 is 1.72 bits per heavy atom. The van der Waals surface area contributed by atoms with E-state index >= 15 is 0 Å². The van der Waals surface area contributed by atoms with Crippen molar-refractivity contribution in [3.05, 3.63) is 71.8 Å². The van der Waals surface area contributed by atoms with Gasteiger partial charge in [-0.3, -0.25) is 24.0 Å². The lowest BCUT2D eigenvalue weighted by atomic mass is 9.99. The Balaban J connectivity index is 2.22. The second-order valence-electron chi connectivity index (χ2n) is 12.1. The molecule has 0 aliphatic heterocycles. The highest BCUT2D eigenvalue weighted by Crippen LogP contribution is 2.10. The maximum absolute atomic E-state index is 13.8. The maximum Gasteiger partial charge on any atom is 0.303 e. The standard InChI is InChI=1S/C34H51N7O6/c1-22(2)18-28(33(46)39-27(14-9-17-35)32(45)38-25(21-36)15-16-30(42)43)41-34(47)29(20-24-12-7-4-8-13-24)40-31(44)26(37)19-23-10-5-3-6-11-23/h3-8,10-13,22,25-29H,9,14-21,35-37H2,1-2H3,(H,38,45)(H,39,46)(H,40,44)(H,41,47)(H,42,43)/t25-,26-,27-,28-,29-/m1/s1. The van der Waals surface area contributed by atoms with Gasteiger partial charge in [-0.25, -0.2) is 0 Å². The quantitative estimate of drug-likeness (QED) is 0.0927. The highest BCUT2D eigenvalue weighted by Gasteiger charge is 2.31. The molecule has 2 rings (SSSR count). The molecule has 0 bridgehead atoms. The van der Waals surface area contributed by atoms with Crippen LogP contribution in [0.3, 0.4) is 0 Å². The summed E-state index contributed by atoms with van der Waals surface area (Å²) in [7, 11) is 0. The van der Waals surface area contributed by atoms with E-state index in [2.05, 4.69) is 21.3 Å². The fourth-order valence-corrected chi connectivity index (χ4v) is 4.99. The molecule has 0 aliphatic rings. The van der Waals surface area contributed by atoms with Crippen LogP contribution in [-0.2, 0) is 36.8 Å². The second kappa shape index (κ2) is 20.7. The van der Waals surface area contributed by atoms with Crippen LogP contribution in [0.2, 0.25) is 0 Å². The Morgan fingerprint density at radius 1 is 0.681 bits per heavy atom. The lowest BCUT2D eigenvalue weighted by Gasteiger charge is -2.27. The summed E-state index contributed by atoms with van der Waals surface area (Å²) < 4.78 is 0. The number of carboxylic acid groups (broad SMARTS) is 1. The smallest absolute Gasteiger partial charge is 0.303 e. The van der Waals surface area contributed by atoms with Crippen LogP contribution in [0, 0.1) is 5.92 Å². The van der Waals surface area contributed by atoms with E-state index in [9.17, 15) is 24.0 Å². The summed E-state index contributed by atoms with van der Waals surface area (Å²) in [6.45, 7) is 4.08. The number of amides is 4. The fourth-order valence-electron chi connectivity index (χ4n) is 4.99. The molecule has 5 atom stereocenters. The lowest BCUT2D eigenvalue weighted by molar-refractivity contribution is -0.137. The Kier molecular flexibility index (Phi) is 17.1. The number of rotatable bonds is 21. The molecule has 0 spiro atoms. The van der Waals surface area contributed by atoms with Crippen molar-refractivity contribution in [2.75, 3.05) is 13.1 Å². The minimum absolute atomic E-state index is 0.0125. The number of nitrogens with two attached hydrogens (primary N) is 3. The first-order chi connectivity index (χ1) is 22.4. The van der Waals surface area contributed by atoms with Crippen LogP contribution in [0.1, 0.15) is 57.1 Å². The van der Waals surface area contributed by atoms with Crippen LogP contribution in [0.15, 0.2) is 60.7 Å². The van der Waals surface area contributed by atoms with Gasteiger partial charge in [-0.15, -0.1) is 0 Å². The maximum atomic E-state index is 13.8. The molecular formula is C34H51N7O6. The number of carboxylic acids is 1. The summed E-state index contributed by atoms with van der Waals surface area (Å²) in [5, 5.41) is 20.1. The molecule has 4 amide bonds. The summed E-state index contributed by atoms with van der Waals surface area (Å²) in [6.07, 6.45) is 1.29. The van der Waals surface area contributed by atoms with Crippen molar-refractivity contribution in [3.8, 4) is 0 Å². The molecule has 0 saturated carbocycles. The molecule has 0 unspecified atom stereocenters. The first-order valence-corrected chi connectivity index (χ1v) is 16.1. The molecule has 2 aromatic carbocycles. The van der Waals surface area contributed by atoms with Gasteiger partial charge in [0.15, 0.2) is 0 Å². The third-order valence-corrected chi connectivity index (χ3v) is 7.56. The summed E-state index contributed by atoms with van der Waals surface area (Å²) >= 11 is 0. The monoisotopic (exact) mass is 653 g/mol. The fraction of sp³-hybridized carbons (Fsp3) is 0.500. The van der Waals surface area contributed by atoms with Crippen molar-refractivity contribution >= 4 is 29.6 Å². The highest BCUT2D eigenvalue weighted by atomic mass is 16.4. The third-order valence-electron chi connectivity index (χ3n) is 7.56. The third kappa shape index (κ3) is 14.8. The highest BCUT2D eigenvalue weighted by molar-refractivity contribution is 5.95.